The zero-order valence-electron chi connectivity index (χ0n) is 30.4. The molecule has 2 nitrogen and oxygen atoms in total. The van der Waals surface area contributed by atoms with Crippen LogP contribution in [0.4, 0.5) is 0 Å². The highest BCUT2D eigenvalue weighted by atomic mass is 32.1. The number of hydrogen-bond acceptors (Lipinski definition) is 3. The fourth-order valence-electron chi connectivity index (χ4n) is 9.09. The molecular weight excluding hydrogens is 749 g/mol. The molecule has 0 spiro atoms. The first-order chi connectivity index (χ1) is 28.2. The molecule has 13 aromatic rings. The summed E-state index contributed by atoms with van der Waals surface area (Å²) >= 11 is 5.71. The Kier molecular flexibility index (Phi) is 6.67. The number of nitrogens with zero attached hydrogens (tertiary/aromatic N) is 2. The molecule has 8 aromatic carbocycles. The van der Waals surface area contributed by atoms with Crippen LogP contribution in [0.3, 0.4) is 0 Å². The van der Waals surface area contributed by atoms with Crippen molar-refractivity contribution in [3.8, 4) is 32.3 Å². The molecule has 5 aromatic heterocycles. The Bertz CT molecular complexity index is 3500. The van der Waals surface area contributed by atoms with Crippen molar-refractivity contribution in [1.82, 2.24) is 9.13 Å². The van der Waals surface area contributed by atoms with Gasteiger partial charge >= 0.3 is 0 Å². The van der Waals surface area contributed by atoms with E-state index < -0.39 is 0 Å². The smallest absolute Gasteiger partial charge is 0.0547 e. The molecular formula is C52H30N2S3. The minimum atomic E-state index is 1.18. The van der Waals surface area contributed by atoms with Crippen LogP contribution in [0.15, 0.2) is 182 Å². The summed E-state index contributed by atoms with van der Waals surface area (Å²) in [6.45, 7) is 0. The maximum atomic E-state index is 2.43. The SMILES string of the molecule is c1ccc(-n2c3ccccc3c3ccc(-c4cc5cc6c(cc5s4)sc4cc5sc(-c7ccc8c9ccccc9n(-c9ccccc9)c8c7)cc5cc46)cc32)cc1. The van der Waals surface area contributed by atoms with Crippen LogP contribution in [0, 0.1) is 0 Å². The van der Waals surface area contributed by atoms with Crippen molar-refractivity contribution in [2.45, 2.75) is 0 Å². The predicted molar refractivity (Wildman–Crippen MR) is 250 cm³/mol. The number of aromatic nitrogens is 2. The monoisotopic (exact) mass is 778 g/mol. The quantitative estimate of drug-likeness (QED) is 0.168. The molecule has 0 aliphatic heterocycles. The molecule has 0 N–H and O–H groups in total. The summed E-state index contributed by atoms with van der Waals surface area (Å²) in [5.41, 5.74) is 9.83. The van der Waals surface area contributed by atoms with Crippen LogP contribution in [-0.4, -0.2) is 9.13 Å². The van der Waals surface area contributed by atoms with Gasteiger partial charge in [-0.25, -0.2) is 0 Å². The van der Waals surface area contributed by atoms with E-state index in [1.165, 1.54) is 116 Å². The van der Waals surface area contributed by atoms with Gasteiger partial charge in [0.25, 0.3) is 0 Å². The average molecular weight is 779 g/mol. The highest BCUT2D eigenvalue weighted by Crippen LogP contribution is 2.45. The number of thiophene rings is 3. The van der Waals surface area contributed by atoms with Gasteiger partial charge in [-0.2, -0.15) is 0 Å². The Labute approximate surface area is 339 Å². The van der Waals surface area contributed by atoms with E-state index in [-0.39, 0.29) is 0 Å². The molecule has 0 aliphatic carbocycles. The molecule has 57 heavy (non-hydrogen) atoms. The third kappa shape index (κ3) is 4.74. The van der Waals surface area contributed by atoms with Gasteiger partial charge < -0.3 is 9.13 Å². The molecule has 0 atom stereocenters. The number of hydrogen-bond donors (Lipinski definition) is 0. The van der Waals surface area contributed by atoms with Gasteiger partial charge in [0.1, 0.15) is 0 Å². The summed E-state index contributed by atoms with van der Waals surface area (Å²) in [4.78, 5) is 2.60. The second kappa shape index (κ2) is 12.0. The lowest BCUT2D eigenvalue weighted by atomic mass is 10.1. The molecule has 0 amide bonds. The van der Waals surface area contributed by atoms with Crippen molar-refractivity contribution in [2.75, 3.05) is 0 Å². The first-order valence-corrected chi connectivity index (χ1v) is 21.7. The van der Waals surface area contributed by atoms with Crippen molar-refractivity contribution < 1.29 is 0 Å². The highest BCUT2D eigenvalue weighted by Gasteiger charge is 2.18. The molecule has 0 aliphatic rings. The fourth-order valence-corrected chi connectivity index (χ4v) is 12.5. The van der Waals surface area contributed by atoms with E-state index in [4.69, 9.17) is 0 Å². The Hall–Kier alpha value is -6.50. The lowest BCUT2D eigenvalue weighted by molar-refractivity contribution is 1.18. The van der Waals surface area contributed by atoms with Crippen molar-refractivity contribution >= 4 is 118 Å². The van der Waals surface area contributed by atoms with Crippen LogP contribution in [-0.2, 0) is 0 Å². The Morgan fingerprint density at radius 3 is 1.18 bits per heavy atom. The predicted octanol–water partition coefficient (Wildman–Crippen LogP) is 16.0. The molecule has 0 saturated heterocycles. The Balaban J connectivity index is 0.914. The number of rotatable bonds is 4. The van der Waals surface area contributed by atoms with E-state index in [9.17, 15) is 0 Å². The lowest BCUT2D eigenvalue weighted by Crippen LogP contribution is -1.93. The van der Waals surface area contributed by atoms with E-state index in [1.807, 2.05) is 34.0 Å². The minimum Gasteiger partial charge on any atom is -0.309 e. The first kappa shape index (κ1) is 31.7. The topological polar surface area (TPSA) is 9.86 Å². The molecule has 266 valence electrons. The van der Waals surface area contributed by atoms with Gasteiger partial charge in [-0.05, 0) is 107 Å². The van der Waals surface area contributed by atoms with Crippen LogP contribution in [0.5, 0.6) is 0 Å². The molecule has 13 rings (SSSR count). The van der Waals surface area contributed by atoms with Gasteiger partial charge in [0.05, 0.1) is 22.1 Å². The summed E-state index contributed by atoms with van der Waals surface area (Å²) in [7, 11) is 0. The maximum absolute atomic E-state index is 2.43. The molecule has 5 heteroatoms. The van der Waals surface area contributed by atoms with Crippen molar-refractivity contribution in [3.05, 3.63) is 182 Å². The van der Waals surface area contributed by atoms with Crippen molar-refractivity contribution in [3.63, 3.8) is 0 Å². The fraction of sp³-hybridized carbons (Fsp3) is 0. The van der Waals surface area contributed by atoms with Crippen LogP contribution >= 0.6 is 34.0 Å². The largest absolute Gasteiger partial charge is 0.309 e. The molecule has 0 bridgehead atoms. The lowest BCUT2D eigenvalue weighted by Gasteiger charge is -2.08. The van der Waals surface area contributed by atoms with Gasteiger partial charge in [-0.3, -0.25) is 0 Å². The normalized spacial score (nSPS) is 12.2. The van der Waals surface area contributed by atoms with E-state index in [2.05, 4.69) is 191 Å². The molecule has 0 unspecified atom stereocenters. The minimum absolute atomic E-state index is 1.18. The molecule has 0 fully saturated rings. The highest BCUT2D eigenvalue weighted by molar-refractivity contribution is 7.27. The number of para-hydroxylation sites is 4. The van der Waals surface area contributed by atoms with Crippen LogP contribution in [0.25, 0.3) is 116 Å². The number of fused-ring (bicyclic) bond motifs is 11. The zero-order chi connectivity index (χ0) is 37.2. The van der Waals surface area contributed by atoms with Crippen molar-refractivity contribution in [2.24, 2.45) is 0 Å². The van der Waals surface area contributed by atoms with Gasteiger partial charge in [0, 0.05) is 72.2 Å². The van der Waals surface area contributed by atoms with Crippen LogP contribution in [0.2, 0.25) is 0 Å². The van der Waals surface area contributed by atoms with Gasteiger partial charge in [-0.1, -0.05) is 97.1 Å². The van der Waals surface area contributed by atoms with Gasteiger partial charge in [-0.15, -0.1) is 34.0 Å². The molecule has 0 radical (unpaired) electrons. The Morgan fingerprint density at radius 2 is 0.702 bits per heavy atom. The summed E-state index contributed by atoms with van der Waals surface area (Å²) < 4.78 is 10.2. The summed E-state index contributed by atoms with van der Waals surface area (Å²) in [6, 6.07) is 67.4. The molecule has 5 heterocycles. The second-order valence-corrected chi connectivity index (χ2v) is 18.2. The van der Waals surface area contributed by atoms with Gasteiger partial charge in [0.2, 0.25) is 0 Å². The molecule has 0 saturated carbocycles. The Morgan fingerprint density at radius 1 is 0.281 bits per heavy atom. The van der Waals surface area contributed by atoms with E-state index >= 15 is 0 Å². The summed E-state index contributed by atoms with van der Waals surface area (Å²) in [5, 5.41) is 10.4. The van der Waals surface area contributed by atoms with E-state index in [0.29, 0.717) is 0 Å². The second-order valence-electron chi connectivity index (χ2n) is 14.9. The number of benzene rings is 8. The van der Waals surface area contributed by atoms with Crippen molar-refractivity contribution in [1.29, 1.82) is 0 Å². The maximum Gasteiger partial charge on any atom is 0.0547 e. The van der Waals surface area contributed by atoms with Gasteiger partial charge in [0.15, 0.2) is 0 Å². The first-order valence-electron chi connectivity index (χ1n) is 19.2. The van der Waals surface area contributed by atoms with E-state index in [0.717, 1.165) is 0 Å². The third-order valence-electron chi connectivity index (χ3n) is 11.7. The zero-order valence-corrected chi connectivity index (χ0v) is 32.9. The standard InChI is InChI=1S/C52H30N2S3/c1-3-11-35(12-4-1)53-43-17-9-7-15-37(43)39-21-19-31(25-45(39)53)47-27-33-23-41-42-24-34-28-48(56-50(34)30-52(42)57-51(41)29-49(33)55-47)32-20-22-40-38-16-8-10-18-44(38)54(46(40)26-32)36-13-5-2-6-14-36/h1-30H. The average Bonchev–Trinajstić information content (AvgIpc) is 4.08. The summed E-state index contributed by atoms with van der Waals surface area (Å²) in [6.07, 6.45) is 0. The van der Waals surface area contributed by atoms with E-state index in [1.54, 1.807) is 0 Å². The van der Waals surface area contributed by atoms with Crippen LogP contribution in [0.1, 0.15) is 0 Å². The third-order valence-corrected chi connectivity index (χ3v) is 15.1. The van der Waals surface area contributed by atoms with Crippen LogP contribution < -0.4 is 0 Å². The summed E-state index contributed by atoms with van der Waals surface area (Å²) in [5.74, 6) is 0.